The minimum Gasteiger partial charge on any atom is -0.491 e. The highest BCUT2D eigenvalue weighted by Gasteiger charge is 2.08. The summed E-state index contributed by atoms with van der Waals surface area (Å²) in [6.07, 6.45) is 0.180. The van der Waals surface area contributed by atoms with Crippen molar-refractivity contribution in [3.8, 4) is 5.75 Å². The van der Waals surface area contributed by atoms with Crippen LogP contribution in [0.1, 0.15) is 38.8 Å². The standard InChI is InChI=1S/C15H26N2O/c1-5-17(6-2)11-13-7-8-14(10-16)15(9-13)18-12(3)4/h7-9,12H,5-6,10-11,16H2,1-4H3. The third-order valence-electron chi connectivity index (χ3n) is 3.01. The smallest absolute Gasteiger partial charge is 0.124 e. The second-order valence-electron chi connectivity index (χ2n) is 4.77. The molecule has 0 fully saturated rings. The highest BCUT2D eigenvalue weighted by molar-refractivity contribution is 5.37. The second-order valence-corrected chi connectivity index (χ2v) is 4.77. The van der Waals surface area contributed by atoms with E-state index in [1.165, 1.54) is 5.56 Å². The van der Waals surface area contributed by atoms with Gasteiger partial charge in [0.25, 0.3) is 0 Å². The lowest BCUT2D eigenvalue weighted by Crippen LogP contribution is -2.22. The first-order valence-electron chi connectivity index (χ1n) is 6.81. The maximum absolute atomic E-state index is 5.83. The number of ether oxygens (including phenoxy) is 1. The van der Waals surface area contributed by atoms with Gasteiger partial charge in [0.15, 0.2) is 0 Å². The number of hydrogen-bond acceptors (Lipinski definition) is 3. The van der Waals surface area contributed by atoms with Crippen LogP contribution in [0.15, 0.2) is 18.2 Å². The molecule has 102 valence electrons. The molecule has 1 rings (SSSR count). The maximum Gasteiger partial charge on any atom is 0.124 e. The molecular formula is C15H26N2O. The van der Waals surface area contributed by atoms with E-state index >= 15 is 0 Å². The van der Waals surface area contributed by atoms with E-state index in [1.807, 2.05) is 13.8 Å². The van der Waals surface area contributed by atoms with Crippen molar-refractivity contribution < 1.29 is 4.74 Å². The van der Waals surface area contributed by atoms with Gasteiger partial charge in [-0.15, -0.1) is 0 Å². The van der Waals surface area contributed by atoms with E-state index in [9.17, 15) is 0 Å². The van der Waals surface area contributed by atoms with E-state index in [0.717, 1.165) is 30.9 Å². The Bertz CT molecular complexity index is 360. The molecule has 18 heavy (non-hydrogen) atoms. The summed E-state index contributed by atoms with van der Waals surface area (Å²) in [4.78, 5) is 2.39. The molecule has 0 aromatic heterocycles. The Morgan fingerprint density at radius 2 is 1.89 bits per heavy atom. The predicted molar refractivity (Wildman–Crippen MR) is 76.7 cm³/mol. The molecule has 0 aliphatic carbocycles. The lowest BCUT2D eigenvalue weighted by atomic mass is 10.1. The topological polar surface area (TPSA) is 38.5 Å². The van der Waals surface area contributed by atoms with Crippen LogP contribution >= 0.6 is 0 Å². The molecule has 0 saturated heterocycles. The van der Waals surface area contributed by atoms with Gasteiger partial charge in [-0.05, 0) is 38.6 Å². The minimum atomic E-state index is 0.180. The number of hydrogen-bond donors (Lipinski definition) is 1. The van der Waals surface area contributed by atoms with E-state index in [2.05, 4.69) is 36.9 Å². The monoisotopic (exact) mass is 250 g/mol. The van der Waals surface area contributed by atoms with Gasteiger partial charge >= 0.3 is 0 Å². The van der Waals surface area contributed by atoms with Gasteiger partial charge < -0.3 is 10.5 Å². The molecule has 0 aliphatic rings. The number of nitrogens with two attached hydrogens (primary N) is 1. The van der Waals surface area contributed by atoms with Crippen LogP contribution in [0, 0.1) is 0 Å². The van der Waals surface area contributed by atoms with Gasteiger partial charge in [0.1, 0.15) is 5.75 Å². The van der Waals surface area contributed by atoms with Gasteiger partial charge in [0.2, 0.25) is 0 Å². The van der Waals surface area contributed by atoms with Gasteiger partial charge in [-0.1, -0.05) is 26.0 Å². The third-order valence-corrected chi connectivity index (χ3v) is 3.01. The molecular weight excluding hydrogens is 224 g/mol. The summed E-state index contributed by atoms with van der Waals surface area (Å²) in [7, 11) is 0. The van der Waals surface area contributed by atoms with Crippen LogP contribution in [0.2, 0.25) is 0 Å². The van der Waals surface area contributed by atoms with E-state index in [1.54, 1.807) is 0 Å². The first kappa shape index (κ1) is 15.0. The Morgan fingerprint density at radius 3 is 2.39 bits per heavy atom. The average molecular weight is 250 g/mol. The van der Waals surface area contributed by atoms with Crippen LogP contribution in [0.5, 0.6) is 5.75 Å². The van der Waals surface area contributed by atoms with E-state index in [-0.39, 0.29) is 6.10 Å². The van der Waals surface area contributed by atoms with Crippen molar-refractivity contribution in [2.75, 3.05) is 13.1 Å². The van der Waals surface area contributed by atoms with Crippen molar-refractivity contribution in [1.82, 2.24) is 4.90 Å². The molecule has 0 unspecified atom stereocenters. The Hall–Kier alpha value is -1.06. The summed E-state index contributed by atoms with van der Waals surface area (Å²) < 4.78 is 5.83. The van der Waals surface area contributed by atoms with Crippen LogP contribution in [0.3, 0.4) is 0 Å². The SMILES string of the molecule is CCN(CC)Cc1ccc(CN)c(OC(C)C)c1. The Morgan fingerprint density at radius 1 is 1.22 bits per heavy atom. The summed E-state index contributed by atoms with van der Waals surface area (Å²) in [6, 6.07) is 6.35. The zero-order valence-corrected chi connectivity index (χ0v) is 12.1. The van der Waals surface area contributed by atoms with Crippen molar-refractivity contribution in [3.63, 3.8) is 0 Å². The van der Waals surface area contributed by atoms with Crippen LogP contribution in [0.4, 0.5) is 0 Å². The molecule has 0 amide bonds. The fourth-order valence-corrected chi connectivity index (χ4v) is 1.93. The molecule has 0 heterocycles. The first-order chi connectivity index (χ1) is 8.60. The molecule has 3 nitrogen and oxygen atoms in total. The lowest BCUT2D eigenvalue weighted by Gasteiger charge is -2.20. The average Bonchev–Trinajstić information content (AvgIpc) is 2.35. The first-order valence-corrected chi connectivity index (χ1v) is 6.81. The van der Waals surface area contributed by atoms with Gasteiger partial charge in [0, 0.05) is 18.7 Å². The largest absolute Gasteiger partial charge is 0.491 e. The van der Waals surface area contributed by atoms with Crippen molar-refractivity contribution >= 4 is 0 Å². The molecule has 0 atom stereocenters. The van der Waals surface area contributed by atoms with Gasteiger partial charge in [-0.2, -0.15) is 0 Å². The van der Waals surface area contributed by atoms with Gasteiger partial charge in [-0.3, -0.25) is 4.90 Å². The predicted octanol–water partition coefficient (Wildman–Crippen LogP) is 2.77. The van der Waals surface area contributed by atoms with Crippen LogP contribution < -0.4 is 10.5 Å². The summed E-state index contributed by atoms with van der Waals surface area (Å²) in [5, 5.41) is 0. The summed E-state index contributed by atoms with van der Waals surface area (Å²) in [5.74, 6) is 0.928. The van der Waals surface area contributed by atoms with Crippen molar-refractivity contribution in [3.05, 3.63) is 29.3 Å². The highest BCUT2D eigenvalue weighted by Crippen LogP contribution is 2.22. The molecule has 0 aliphatic heterocycles. The summed E-state index contributed by atoms with van der Waals surface area (Å²) in [6.45, 7) is 12.1. The van der Waals surface area contributed by atoms with Gasteiger partial charge in [0.05, 0.1) is 6.10 Å². The zero-order chi connectivity index (χ0) is 13.5. The molecule has 0 radical (unpaired) electrons. The number of nitrogens with zero attached hydrogens (tertiary/aromatic N) is 1. The van der Waals surface area contributed by atoms with Crippen LogP contribution in [0.25, 0.3) is 0 Å². The van der Waals surface area contributed by atoms with E-state index in [4.69, 9.17) is 10.5 Å². The van der Waals surface area contributed by atoms with Gasteiger partial charge in [-0.25, -0.2) is 0 Å². The maximum atomic E-state index is 5.83. The molecule has 1 aromatic carbocycles. The summed E-state index contributed by atoms with van der Waals surface area (Å²) in [5.41, 5.74) is 8.10. The Kier molecular flexibility index (Phi) is 6.16. The van der Waals surface area contributed by atoms with E-state index < -0.39 is 0 Å². The fourth-order valence-electron chi connectivity index (χ4n) is 1.93. The van der Waals surface area contributed by atoms with Crippen molar-refractivity contribution in [1.29, 1.82) is 0 Å². The third kappa shape index (κ3) is 4.31. The zero-order valence-electron chi connectivity index (χ0n) is 12.1. The number of rotatable bonds is 7. The van der Waals surface area contributed by atoms with Crippen molar-refractivity contribution in [2.24, 2.45) is 5.73 Å². The van der Waals surface area contributed by atoms with E-state index in [0.29, 0.717) is 6.54 Å². The molecule has 2 N–H and O–H groups in total. The Labute approximate surface area is 111 Å². The minimum absolute atomic E-state index is 0.180. The quantitative estimate of drug-likeness (QED) is 0.808. The van der Waals surface area contributed by atoms with Crippen molar-refractivity contribution in [2.45, 2.75) is 46.9 Å². The van der Waals surface area contributed by atoms with Crippen LogP contribution in [-0.4, -0.2) is 24.1 Å². The van der Waals surface area contributed by atoms with Crippen LogP contribution in [-0.2, 0) is 13.1 Å². The second kappa shape index (κ2) is 7.39. The molecule has 0 spiro atoms. The molecule has 1 aromatic rings. The fraction of sp³-hybridized carbons (Fsp3) is 0.600. The lowest BCUT2D eigenvalue weighted by molar-refractivity contribution is 0.239. The Balaban J connectivity index is 2.87. The molecule has 3 heteroatoms. The normalized spacial score (nSPS) is 11.3. The highest BCUT2D eigenvalue weighted by atomic mass is 16.5. The molecule has 0 saturated carbocycles. The number of benzene rings is 1. The summed E-state index contributed by atoms with van der Waals surface area (Å²) >= 11 is 0. The molecule has 0 bridgehead atoms.